The number of hydrogen-bond donors (Lipinski definition) is 2. The van der Waals surface area contributed by atoms with Gasteiger partial charge in [0, 0.05) is 24.2 Å². The Morgan fingerprint density at radius 1 is 1.04 bits per heavy atom. The second-order valence-electron chi connectivity index (χ2n) is 6.71. The van der Waals surface area contributed by atoms with Crippen LogP contribution >= 0.6 is 11.6 Å². The molecule has 0 aromatic heterocycles. The van der Waals surface area contributed by atoms with Crippen molar-refractivity contribution in [1.82, 2.24) is 10.2 Å². The van der Waals surface area contributed by atoms with Crippen LogP contribution in [0.15, 0.2) is 48.5 Å². The van der Waals surface area contributed by atoms with Crippen LogP contribution in [0.1, 0.15) is 17.2 Å². The number of halogens is 1. The monoisotopic (exact) mass is 392 g/mol. The van der Waals surface area contributed by atoms with E-state index in [0.717, 1.165) is 17.9 Å². The molecule has 6 heteroatoms. The van der Waals surface area contributed by atoms with E-state index in [0.29, 0.717) is 18.2 Å². The molecule has 0 radical (unpaired) electrons. The van der Waals surface area contributed by atoms with Gasteiger partial charge in [0.15, 0.2) is 0 Å². The highest BCUT2D eigenvalue weighted by atomic mass is 35.5. The minimum absolute atomic E-state index is 0.207. The van der Waals surface area contributed by atoms with Crippen molar-refractivity contribution in [2.75, 3.05) is 40.9 Å². The van der Waals surface area contributed by atoms with Crippen molar-refractivity contribution < 1.29 is 14.6 Å². The van der Waals surface area contributed by atoms with Gasteiger partial charge in [-0.1, -0.05) is 35.9 Å². The zero-order chi connectivity index (χ0) is 19.6. The predicted octanol–water partition coefficient (Wildman–Crippen LogP) is 3.12. The molecule has 0 saturated heterocycles. The Hall–Kier alpha value is -1.63. The van der Waals surface area contributed by atoms with Crippen molar-refractivity contribution in [2.45, 2.75) is 18.8 Å². The van der Waals surface area contributed by atoms with Gasteiger partial charge in [-0.25, -0.2) is 0 Å². The topological polar surface area (TPSA) is 54.0 Å². The summed E-state index contributed by atoms with van der Waals surface area (Å²) in [6.45, 7) is 1.94. The van der Waals surface area contributed by atoms with Gasteiger partial charge in [0.05, 0.1) is 26.4 Å². The lowest BCUT2D eigenvalue weighted by Gasteiger charge is -2.26. The number of rotatable bonds is 11. The Bertz CT molecular complexity index is 662. The van der Waals surface area contributed by atoms with Crippen LogP contribution in [0.2, 0.25) is 5.02 Å². The zero-order valence-corrected chi connectivity index (χ0v) is 16.9. The second kappa shape index (κ2) is 11.3. The summed E-state index contributed by atoms with van der Waals surface area (Å²) in [5.41, 5.74) is 2.23. The fourth-order valence-electron chi connectivity index (χ4n) is 2.76. The quantitative estimate of drug-likeness (QED) is 0.615. The van der Waals surface area contributed by atoms with Crippen LogP contribution in [0.4, 0.5) is 0 Å². The smallest absolute Gasteiger partial charge is 0.118 e. The minimum Gasteiger partial charge on any atom is -0.497 e. The maximum absolute atomic E-state index is 10.1. The first kappa shape index (κ1) is 21.7. The number of methoxy groups -OCH3 is 1. The summed E-state index contributed by atoms with van der Waals surface area (Å²) in [5, 5.41) is 14.2. The highest BCUT2D eigenvalue weighted by molar-refractivity contribution is 6.30. The number of benzene rings is 2. The van der Waals surface area contributed by atoms with Crippen LogP contribution in [-0.2, 0) is 11.3 Å². The molecule has 0 amide bonds. The third-order valence-electron chi connectivity index (χ3n) is 4.33. The highest BCUT2D eigenvalue weighted by Crippen LogP contribution is 2.20. The minimum atomic E-state index is -0.559. The van der Waals surface area contributed by atoms with E-state index >= 15 is 0 Å². The van der Waals surface area contributed by atoms with Crippen molar-refractivity contribution in [1.29, 1.82) is 0 Å². The molecular formula is C21H29ClN2O3. The fraction of sp³-hybridized carbons (Fsp3) is 0.429. The average molecular weight is 393 g/mol. The summed E-state index contributed by atoms with van der Waals surface area (Å²) in [6.07, 6.45) is -0.559. The second-order valence-corrected chi connectivity index (χ2v) is 7.14. The van der Waals surface area contributed by atoms with Crippen LogP contribution in [0.3, 0.4) is 0 Å². The first-order chi connectivity index (χ1) is 13.0. The highest BCUT2D eigenvalue weighted by Gasteiger charge is 2.14. The van der Waals surface area contributed by atoms with E-state index in [1.165, 1.54) is 5.56 Å². The first-order valence-electron chi connectivity index (χ1n) is 9.01. The molecule has 0 aliphatic heterocycles. The van der Waals surface area contributed by atoms with Crippen LogP contribution in [-0.4, -0.2) is 57.0 Å². The molecule has 2 rings (SSSR count). The fourth-order valence-corrected chi connectivity index (χ4v) is 2.89. The summed E-state index contributed by atoms with van der Waals surface area (Å²) in [6, 6.07) is 15.8. The third-order valence-corrected chi connectivity index (χ3v) is 4.59. The number of likely N-dealkylation sites (N-methyl/N-ethyl adjacent to an activating group) is 1. The van der Waals surface area contributed by atoms with E-state index in [9.17, 15) is 5.11 Å². The molecule has 0 unspecified atom stereocenters. The molecular weight excluding hydrogens is 364 g/mol. The molecule has 0 aliphatic rings. The van der Waals surface area contributed by atoms with Gasteiger partial charge in [0.2, 0.25) is 0 Å². The lowest BCUT2D eigenvalue weighted by molar-refractivity contribution is 0.0283. The van der Waals surface area contributed by atoms with Gasteiger partial charge >= 0.3 is 0 Å². The number of aliphatic hydroxyl groups is 1. The molecule has 2 aromatic rings. The number of nitrogens with one attached hydrogen (secondary N) is 1. The predicted molar refractivity (Wildman–Crippen MR) is 109 cm³/mol. The summed E-state index contributed by atoms with van der Waals surface area (Å²) in [5.74, 6) is 0.845. The van der Waals surface area contributed by atoms with Crippen LogP contribution in [0, 0.1) is 0 Å². The lowest BCUT2D eigenvalue weighted by atomic mass is 10.1. The van der Waals surface area contributed by atoms with Gasteiger partial charge in [-0.05, 0) is 49.5 Å². The van der Waals surface area contributed by atoms with Gasteiger partial charge in [-0.2, -0.15) is 0 Å². The number of ether oxygens (including phenoxy) is 2. The normalized spacial score (nSPS) is 13.6. The van der Waals surface area contributed by atoms with Crippen LogP contribution < -0.4 is 10.1 Å². The molecule has 2 aromatic carbocycles. The van der Waals surface area contributed by atoms with Crippen molar-refractivity contribution in [2.24, 2.45) is 0 Å². The molecule has 0 spiro atoms. The van der Waals surface area contributed by atoms with Crippen molar-refractivity contribution in [3.8, 4) is 5.75 Å². The van der Waals surface area contributed by atoms with Crippen molar-refractivity contribution in [3.63, 3.8) is 0 Å². The molecule has 0 aliphatic carbocycles. The van der Waals surface area contributed by atoms with Gasteiger partial charge < -0.3 is 24.8 Å². The van der Waals surface area contributed by atoms with Gasteiger partial charge in [0.1, 0.15) is 5.75 Å². The van der Waals surface area contributed by atoms with E-state index in [1.54, 1.807) is 7.11 Å². The van der Waals surface area contributed by atoms with Crippen LogP contribution in [0.5, 0.6) is 5.75 Å². The molecule has 27 heavy (non-hydrogen) atoms. The molecule has 0 heterocycles. The van der Waals surface area contributed by atoms with E-state index in [1.807, 2.05) is 50.5 Å². The van der Waals surface area contributed by atoms with Crippen molar-refractivity contribution in [3.05, 3.63) is 64.7 Å². The maximum Gasteiger partial charge on any atom is 0.118 e. The lowest BCUT2D eigenvalue weighted by Crippen LogP contribution is -2.36. The first-order valence-corrected chi connectivity index (χ1v) is 9.38. The van der Waals surface area contributed by atoms with Gasteiger partial charge in [-0.3, -0.25) is 0 Å². The third kappa shape index (κ3) is 7.48. The van der Waals surface area contributed by atoms with Crippen LogP contribution in [0.25, 0.3) is 0 Å². The Kier molecular flexibility index (Phi) is 9.04. The zero-order valence-electron chi connectivity index (χ0n) is 16.2. The Morgan fingerprint density at radius 3 is 2.30 bits per heavy atom. The number of nitrogens with zero attached hydrogens (tertiary/aromatic N) is 1. The summed E-state index contributed by atoms with van der Waals surface area (Å²) < 4.78 is 10.8. The van der Waals surface area contributed by atoms with Gasteiger partial charge in [0.25, 0.3) is 0 Å². The Morgan fingerprint density at radius 2 is 1.70 bits per heavy atom. The molecule has 148 valence electrons. The molecule has 0 saturated carbocycles. The average Bonchev–Trinajstić information content (AvgIpc) is 2.67. The molecule has 5 nitrogen and oxygen atoms in total. The van der Waals surface area contributed by atoms with E-state index < -0.39 is 6.10 Å². The molecule has 2 N–H and O–H groups in total. The molecule has 2 atom stereocenters. The largest absolute Gasteiger partial charge is 0.497 e. The molecule has 0 bridgehead atoms. The standard InChI is InChI=1S/C21H29ClN2O3/c1-24(2)21(17-6-10-20(26-3)11-7-17)13-23-12-19(25)15-27-14-16-4-8-18(22)9-5-16/h4-11,19,21,23,25H,12-15H2,1-3H3/t19-,21-/m1/s1. The SMILES string of the molecule is COc1ccc([C@@H](CNC[C@@H](O)COCc2ccc(Cl)cc2)N(C)C)cc1. The Balaban J connectivity index is 1.72. The van der Waals surface area contributed by atoms with Crippen molar-refractivity contribution >= 4 is 11.6 Å². The summed E-state index contributed by atoms with van der Waals surface area (Å²) in [4.78, 5) is 2.15. The van der Waals surface area contributed by atoms with Gasteiger partial charge in [-0.15, -0.1) is 0 Å². The maximum atomic E-state index is 10.1. The Labute approximate surface area is 166 Å². The van der Waals surface area contributed by atoms with E-state index in [2.05, 4.69) is 22.3 Å². The molecule has 0 fully saturated rings. The number of hydrogen-bond acceptors (Lipinski definition) is 5. The van der Waals surface area contributed by atoms with E-state index in [4.69, 9.17) is 21.1 Å². The van der Waals surface area contributed by atoms with E-state index in [-0.39, 0.29) is 12.6 Å². The number of aliphatic hydroxyl groups excluding tert-OH is 1. The summed E-state index contributed by atoms with van der Waals surface area (Å²) in [7, 11) is 5.75. The summed E-state index contributed by atoms with van der Waals surface area (Å²) >= 11 is 5.86.